The summed E-state index contributed by atoms with van der Waals surface area (Å²) in [7, 11) is 0. The van der Waals surface area contributed by atoms with Gasteiger partial charge in [0.25, 0.3) is 5.91 Å². The van der Waals surface area contributed by atoms with E-state index in [4.69, 9.17) is 4.74 Å². The predicted molar refractivity (Wildman–Crippen MR) is 98.4 cm³/mol. The molecule has 7 heteroatoms. The average Bonchev–Trinajstić information content (AvgIpc) is 2.99. The Labute approximate surface area is 152 Å². The fourth-order valence-corrected chi connectivity index (χ4v) is 4.01. The van der Waals surface area contributed by atoms with Gasteiger partial charge in [0.15, 0.2) is 5.69 Å². The first-order valence-corrected chi connectivity index (χ1v) is 9.41. The molecule has 0 radical (unpaired) electrons. The summed E-state index contributed by atoms with van der Waals surface area (Å²) >= 11 is 0. The Kier molecular flexibility index (Phi) is 4.58. The van der Waals surface area contributed by atoms with Crippen LogP contribution >= 0.6 is 0 Å². The molecule has 4 rings (SSSR count). The second kappa shape index (κ2) is 6.89. The number of fused-ring (bicyclic) bond motifs is 3. The number of nitrogens with zero attached hydrogens (tertiary/aromatic N) is 2. The molecule has 2 saturated heterocycles. The van der Waals surface area contributed by atoms with Gasteiger partial charge in [0.05, 0.1) is 18.7 Å². The Morgan fingerprint density at radius 1 is 1.42 bits per heavy atom. The monoisotopic (exact) mass is 358 g/mol. The van der Waals surface area contributed by atoms with Crippen molar-refractivity contribution in [1.82, 2.24) is 20.4 Å². The third-order valence-electron chi connectivity index (χ3n) is 5.50. The Hall–Kier alpha value is -2.12. The summed E-state index contributed by atoms with van der Waals surface area (Å²) < 4.78 is 7.41. The number of benzene rings is 1. The lowest BCUT2D eigenvalue weighted by Crippen LogP contribution is -2.58. The molecule has 2 aromatic rings. The molecule has 3 heterocycles. The SMILES string of the molecule is CCC(C)n1nc(C(=O)NC2CC3COCC(C2)N3)c2ccc(O)cc21. The van der Waals surface area contributed by atoms with Crippen molar-refractivity contribution in [2.24, 2.45) is 0 Å². The van der Waals surface area contributed by atoms with Crippen molar-refractivity contribution in [3.8, 4) is 5.75 Å². The van der Waals surface area contributed by atoms with E-state index < -0.39 is 0 Å². The zero-order valence-electron chi connectivity index (χ0n) is 15.2. The Morgan fingerprint density at radius 2 is 2.15 bits per heavy atom. The minimum Gasteiger partial charge on any atom is -0.508 e. The summed E-state index contributed by atoms with van der Waals surface area (Å²) in [6, 6.07) is 5.94. The van der Waals surface area contributed by atoms with E-state index in [1.807, 2.05) is 4.68 Å². The van der Waals surface area contributed by atoms with Crippen LogP contribution in [0.2, 0.25) is 0 Å². The first-order valence-electron chi connectivity index (χ1n) is 9.41. The van der Waals surface area contributed by atoms with Gasteiger partial charge in [-0.15, -0.1) is 0 Å². The highest BCUT2D eigenvalue weighted by atomic mass is 16.5. The van der Waals surface area contributed by atoms with Gasteiger partial charge in [-0.2, -0.15) is 5.10 Å². The standard InChI is InChI=1S/C19H26N4O3/c1-3-11(2)23-17-8-15(24)4-5-16(17)18(22-23)19(25)21-12-6-13-9-26-10-14(7-12)20-13/h4-5,8,11-14,20,24H,3,6-7,9-10H2,1-2H3,(H,21,25). The number of phenolic OH excluding ortho intramolecular Hbond substituents is 1. The van der Waals surface area contributed by atoms with Crippen LogP contribution in [0.5, 0.6) is 5.75 Å². The maximum Gasteiger partial charge on any atom is 0.272 e. The molecular weight excluding hydrogens is 332 g/mol. The molecule has 2 bridgehead atoms. The van der Waals surface area contributed by atoms with Gasteiger partial charge in [-0.25, -0.2) is 0 Å². The number of hydrogen-bond acceptors (Lipinski definition) is 5. The molecule has 3 unspecified atom stereocenters. The van der Waals surface area contributed by atoms with Gasteiger partial charge >= 0.3 is 0 Å². The fourth-order valence-electron chi connectivity index (χ4n) is 4.01. The van der Waals surface area contributed by atoms with E-state index in [9.17, 15) is 9.90 Å². The maximum absolute atomic E-state index is 13.0. The van der Waals surface area contributed by atoms with Crippen LogP contribution in [0, 0.1) is 0 Å². The molecule has 2 aliphatic rings. The topological polar surface area (TPSA) is 88.4 Å². The number of ether oxygens (including phenoxy) is 1. The number of morpholine rings is 1. The number of carbonyl (C=O) groups is 1. The van der Waals surface area contributed by atoms with E-state index in [-0.39, 0.29) is 23.7 Å². The van der Waals surface area contributed by atoms with Crippen molar-refractivity contribution in [2.45, 2.75) is 57.3 Å². The van der Waals surface area contributed by atoms with Crippen molar-refractivity contribution in [2.75, 3.05) is 13.2 Å². The van der Waals surface area contributed by atoms with Crippen LogP contribution in [-0.4, -0.2) is 52.1 Å². The number of phenols is 1. The van der Waals surface area contributed by atoms with Crippen molar-refractivity contribution in [3.05, 3.63) is 23.9 Å². The van der Waals surface area contributed by atoms with Crippen molar-refractivity contribution in [3.63, 3.8) is 0 Å². The highest BCUT2D eigenvalue weighted by Gasteiger charge is 2.33. The summed E-state index contributed by atoms with van der Waals surface area (Å²) in [6.45, 7) is 5.55. The normalized spacial score (nSPS) is 26.6. The average molecular weight is 358 g/mol. The number of piperidine rings is 1. The van der Waals surface area contributed by atoms with E-state index in [0.29, 0.717) is 31.0 Å². The summed E-state index contributed by atoms with van der Waals surface area (Å²) in [4.78, 5) is 13.0. The van der Waals surface area contributed by atoms with Crippen LogP contribution in [-0.2, 0) is 4.74 Å². The zero-order valence-corrected chi connectivity index (χ0v) is 15.2. The van der Waals surface area contributed by atoms with E-state index in [1.54, 1.807) is 18.2 Å². The van der Waals surface area contributed by atoms with Gasteiger partial charge in [0.1, 0.15) is 5.75 Å². The summed E-state index contributed by atoms with van der Waals surface area (Å²) in [5.74, 6) is 0.0359. The maximum atomic E-state index is 13.0. The van der Waals surface area contributed by atoms with Crippen molar-refractivity contribution in [1.29, 1.82) is 0 Å². The van der Waals surface area contributed by atoms with Gasteiger partial charge in [-0.1, -0.05) is 6.92 Å². The lowest BCUT2D eigenvalue weighted by atomic mass is 9.92. The molecule has 1 amide bonds. The Morgan fingerprint density at radius 3 is 2.85 bits per heavy atom. The quantitative estimate of drug-likeness (QED) is 0.778. The molecule has 0 spiro atoms. The molecule has 2 fully saturated rings. The fraction of sp³-hybridized carbons (Fsp3) is 0.579. The molecule has 140 valence electrons. The molecule has 2 aliphatic heterocycles. The largest absolute Gasteiger partial charge is 0.508 e. The van der Waals surface area contributed by atoms with E-state index in [1.165, 1.54) is 0 Å². The van der Waals surface area contributed by atoms with Gasteiger partial charge < -0.3 is 20.5 Å². The van der Waals surface area contributed by atoms with Crippen LogP contribution < -0.4 is 10.6 Å². The molecule has 1 aromatic heterocycles. The molecule has 7 nitrogen and oxygen atoms in total. The zero-order chi connectivity index (χ0) is 18.3. The highest BCUT2D eigenvalue weighted by molar-refractivity contribution is 6.05. The number of aromatic nitrogens is 2. The van der Waals surface area contributed by atoms with Gasteiger partial charge in [-0.3, -0.25) is 9.48 Å². The van der Waals surface area contributed by atoms with Gasteiger partial charge in [0.2, 0.25) is 0 Å². The summed E-state index contributed by atoms with van der Waals surface area (Å²) in [5.41, 5.74) is 1.22. The van der Waals surface area contributed by atoms with Crippen LogP contribution in [0.15, 0.2) is 18.2 Å². The van der Waals surface area contributed by atoms with Crippen molar-refractivity contribution >= 4 is 16.8 Å². The first-order chi connectivity index (χ1) is 12.5. The van der Waals surface area contributed by atoms with Crippen LogP contribution in [0.1, 0.15) is 49.6 Å². The number of carbonyl (C=O) groups excluding carboxylic acids is 1. The smallest absolute Gasteiger partial charge is 0.272 e. The third-order valence-corrected chi connectivity index (χ3v) is 5.50. The molecule has 0 aliphatic carbocycles. The van der Waals surface area contributed by atoms with E-state index >= 15 is 0 Å². The molecule has 3 N–H and O–H groups in total. The van der Waals surface area contributed by atoms with Crippen LogP contribution in [0.3, 0.4) is 0 Å². The lowest BCUT2D eigenvalue weighted by Gasteiger charge is -2.40. The minimum absolute atomic E-state index is 0.128. The predicted octanol–water partition coefficient (Wildman–Crippen LogP) is 1.96. The number of amides is 1. The van der Waals surface area contributed by atoms with Crippen LogP contribution in [0.4, 0.5) is 0 Å². The van der Waals surface area contributed by atoms with E-state index in [2.05, 4.69) is 29.6 Å². The number of rotatable bonds is 4. The first kappa shape index (κ1) is 17.3. The number of aromatic hydroxyl groups is 1. The Balaban J connectivity index is 1.60. The van der Waals surface area contributed by atoms with Crippen LogP contribution in [0.25, 0.3) is 10.9 Å². The van der Waals surface area contributed by atoms with Gasteiger partial charge in [-0.05, 0) is 38.3 Å². The minimum atomic E-state index is -0.145. The third kappa shape index (κ3) is 3.17. The summed E-state index contributed by atoms with van der Waals surface area (Å²) in [6.07, 6.45) is 2.63. The second-order valence-electron chi connectivity index (χ2n) is 7.49. The van der Waals surface area contributed by atoms with Gasteiger partial charge in [0, 0.05) is 35.6 Å². The Bertz CT molecular complexity index is 806. The molecule has 3 atom stereocenters. The molecular formula is C19H26N4O3. The molecule has 26 heavy (non-hydrogen) atoms. The lowest BCUT2D eigenvalue weighted by molar-refractivity contribution is 0.0148. The highest BCUT2D eigenvalue weighted by Crippen LogP contribution is 2.27. The number of nitrogens with one attached hydrogen (secondary N) is 2. The molecule has 0 saturated carbocycles. The number of hydrogen-bond donors (Lipinski definition) is 3. The molecule has 1 aromatic carbocycles. The van der Waals surface area contributed by atoms with E-state index in [0.717, 1.165) is 30.2 Å². The summed E-state index contributed by atoms with van der Waals surface area (Å²) in [5, 5.41) is 21.9. The second-order valence-corrected chi connectivity index (χ2v) is 7.49. The van der Waals surface area contributed by atoms with Crippen molar-refractivity contribution < 1.29 is 14.6 Å².